The van der Waals surface area contributed by atoms with Gasteiger partial charge in [-0.25, -0.2) is 0 Å². The van der Waals surface area contributed by atoms with E-state index in [-0.39, 0.29) is 48.6 Å². The number of carboxylic acids is 2. The third-order valence-corrected chi connectivity index (χ3v) is 6.52. The molecule has 0 N–H and O–H groups in total. The van der Waals surface area contributed by atoms with E-state index in [0.29, 0.717) is 0 Å². The number of aliphatic carboxylic acids is 2. The Hall–Kier alpha value is -1.36. The molecule has 2 unspecified atom stereocenters. The molecule has 0 aliphatic rings. The molecule has 2 rings (SSSR count). The van der Waals surface area contributed by atoms with E-state index in [0.717, 1.165) is 11.1 Å². The van der Waals surface area contributed by atoms with Crippen LogP contribution in [0.5, 0.6) is 0 Å². The second-order valence-corrected chi connectivity index (χ2v) is 10.1. The molecule has 0 saturated carbocycles. The number of hydrogen-bond donors (Lipinski definition) is 0. The van der Waals surface area contributed by atoms with Crippen LogP contribution in [0.4, 0.5) is 0 Å². The van der Waals surface area contributed by atoms with Crippen LogP contribution < -0.4 is 10.2 Å². The predicted octanol–water partition coefficient (Wildman–Crippen LogP) is 3.10. The Balaban J connectivity index is 0.000000562. The summed E-state index contributed by atoms with van der Waals surface area (Å²) in [6, 6.07) is 18.5. The molecule has 164 valence electrons. The second kappa shape index (κ2) is 11.0. The summed E-state index contributed by atoms with van der Waals surface area (Å²) in [7, 11) is 0. The molecular weight excluding hydrogens is 416 g/mol. The van der Waals surface area contributed by atoms with E-state index in [1.54, 1.807) is 13.8 Å². The molecule has 0 amide bonds. The van der Waals surface area contributed by atoms with Gasteiger partial charge in [-0.15, -0.1) is 0 Å². The van der Waals surface area contributed by atoms with Crippen molar-refractivity contribution in [1.82, 2.24) is 0 Å². The first-order valence-electron chi connectivity index (χ1n) is 10.1. The van der Waals surface area contributed by atoms with E-state index in [1.165, 1.54) is 0 Å². The molecule has 0 heterocycles. The molecule has 0 bridgehead atoms. The topological polar surface area (TPSA) is 80.3 Å². The first kappa shape index (κ1) is 29.6. The van der Waals surface area contributed by atoms with E-state index < -0.39 is 22.8 Å². The Morgan fingerprint density at radius 3 is 0.935 bits per heavy atom. The summed E-state index contributed by atoms with van der Waals surface area (Å²) in [6.07, 6.45) is 0. The third kappa shape index (κ3) is 6.34. The molecule has 2 aromatic rings. The average molecular weight is 451 g/mol. The van der Waals surface area contributed by atoms with Crippen LogP contribution in [-0.2, 0) is 20.4 Å². The maximum Gasteiger partial charge on any atom is 2.00 e. The van der Waals surface area contributed by atoms with E-state index in [4.69, 9.17) is 0 Å². The maximum absolute atomic E-state index is 11.4. The zero-order chi connectivity index (χ0) is 23.4. The molecule has 0 aliphatic carbocycles. The molecule has 2 aromatic carbocycles. The average Bonchev–Trinajstić information content (AvgIpc) is 2.66. The van der Waals surface area contributed by atoms with Gasteiger partial charge in [0.1, 0.15) is 0 Å². The summed E-state index contributed by atoms with van der Waals surface area (Å²) >= 11 is 0. The van der Waals surface area contributed by atoms with Gasteiger partial charge in [-0.1, -0.05) is 102 Å². The Bertz CT molecular complexity index is 777. The van der Waals surface area contributed by atoms with Gasteiger partial charge in [0.15, 0.2) is 0 Å². The molecule has 0 fully saturated rings. The van der Waals surface area contributed by atoms with Crippen molar-refractivity contribution in [3.63, 3.8) is 0 Å². The molecular formula is C26H34CaO4. The van der Waals surface area contributed by atoms with Crippen molar-refractivity contribution in [3.05, 3.63) is 71.8 Å². The zero-order valence-electron chi connectivity index (χ0n) is 20.1. The molecule has 4 nitrogen and oxygen atoms in total. The van der Waals surface area contributed by atoms with Gasteiger partial charge < -0.3 is 19.8 Å². The Labute approximate surface area is 217 Å². The third-order valence-electron chi connectivity index (χ3n) is 6.52. The summed E-state index contributed by atoms with van der Waals surface area (Å²) in [5, 5.41) is 22.7. The van der Waals surface area contributed by atoms with Crippen molar-refractivity contribution in [3.8, 4) is 0 Å². The zero-order valence-corrected chi connectivity index (χ0v) is 22.3. The Morgan fingerprint density at radius 2 is 0.774 bits per heavy atom. The van der Waals surface area contributed by atoms with Gasteiger partial charge in [0.25, 0.3) is 0 Å². The van der Waals surface area contributed by atoms with Crippen LogP contribution in [0.15, 0.2) is 60.7 Å². The minimum absolute atomic E-state index is 0. The molecule has 2 atom stereocenters. The summed E-state index contributed by atoms with van der Waals surface area (Å²) in [6.45, 7) is 14.9. The molecule has 0 saturated heterocycles. The van der Waals surface area contributed by atoms with Gasteiger partial charge in [0.2, 0.25) is 0 Å². The van der Waals surface area contributed by atoms with Crippen molar-refractivity contribution in [2.24, 2.45) is 10.8 Å². The van der Waals surface area contributed by atoms with Crippen LogP contribution in [0.1, 0.15) is 66.5 Å². The van der Waals surface area contributed by atoms with Crippen molar-refractivity contribution < 1.29 is 19.8 Å². The normalized spacial score (nSPS) is 15.2. The number of rotatable bonds is 4. The first-order chi connectivity index (χ1) is 13.6. The minimum Gasteiger partial charge on any atom is -0.549 e. The smallest absolute Gasteiger partial charge is 0.549 e. The van der Waals surface area contributed by atoms with Gasteiger partial charge >= 0.3 is 37.7 Å². The number of carbonyl (C=O) groups is 2. The number of carboxylic acid groups (broad SMARTS) is 2. The van der Waals surface area contributed by atoms with Crippen molar-refractivity contribution >= 4 is 49.7 Å². The fourth-order valence-electron chi connectivity index (χ4n) is 3.26. The summed E-state index contributed by atoms with van der Waals surface area (Å²) in [5.41, 5.74) is -1.11. The van der Waals surface area contributed by atoms with E-state index in [9.17, 15) is 19.8 Å². The fourth-order valence-corrected chi connectivity index (χ4v) is 3.26. The van der Waals surface area contributed by atoms with Gasteiger partial charge in [-0.3, -0.25) is 0 Å². The molecule has 0 spiro atoms. The van der Waals surface area contributed by atoms with Crippen LogP contribution in [0.3, 0.4) is 0 Å². The van der Waals surface area contributed by atoms with Crippen molar-refractivity contribution in [1.29, 1.82) is 0 Å². The number of hydrogen-bond acceptors (Lipinski definition) is 4. The van der Waals surface area contributed by atoms with Crippen LogP contribution in [0.2, 0.25) is 0 Å². The standard InChI is InChI=1S/2C13H18O2.Ca/c2*1-12(2,3)13(4,11(14)15)10-8-6-5-7-9-10;/h2*5-9H,1-4H3,(H,14,15);/q;;+2/p-2. The van der Waals surface area contributed by atoms with E-state index in [1.807, 2.05) is 102 Å². The number of benzene rings is 2. The SMILES string of the molecule is CC(C)(C)C(C)(C(=O)[O-])c1ccccc1.CC(C)(C)C(C)(C(=O)[O-])c1ccccc1.[Ca+2]. The Morgan fingerprint density at radius 1 is 0.548 bits per heavy atom. The van der Waals surface area contributed by atoms with Crippen LogP contribution in [0, 0.1) is 10.8 Å². The van der Waals surface area contributed by atoms with Crippen LogP contribution in [0.25, 0.3) is 0 Å². The molecule has 31 heavy (non-hydrogen) atoms. The summed E-state index contributed by atoms with van der Waals surface area (Å²) in [4.78, 5) is 22.7. The first-order valence-corrected chi connectivity index (χ1v) is 10.1. The van der Waals surface area contributed by atoms with Gasteiger partial charge in [0.05, 0.1) is 11.9 Å². The quantitative estimate of drug-likeness (QED) is 0.671. The van der Waals surface area contributed by atoms with Crippen molar-refractivity contribution in [2.75, 3.05) is 0 Å². The van der Waals surface area contributed by atoms with Gasteiger partial charge in [0, 0.05) is 10.8 Å². The van der Waals surface area contributed by atoms with E-state index in [2.05, 4.69) is 0 Å². The summed E-state index contributed by atoms with van der Waals surface area (Å²) < 4.78 is 0. The van der Waals surface area contributed by atoms with Gasteiger partial charge in [-0.05, 0) is 35.8 Å². The van der Waals surface area contributed by atoms with Crippen LogP contribution >= 0.6 is 0 Å². The van der Waals surface area contributed by atoms with Crippen LogP contribution in [-0.4, -0.2) is 49.7 Å². The summed E-state index contributed by atoms with van der Waals surface area (Å²) in [5.74, 6) is -2.05. The Kier molecular flexibility index (Phi) is 10.5. The minimum atomic E-state index is -1.03. The van der Waals surface area contributed by atoms with Gasteiger partial charge in [-0.2, -0.15) is 0 Å². The molecule has 0 aliphatic heterocycles. The molecule has 0 aromatic heterocycles. The second-order valence-electron chi connectivity index (χ2n) is 10.1. The predicted molar refractivity (Wildman–Crippen MR) is 122 cm³/mol. The van der Waals surface area contributed by atoms with E-state index >= 15 is 0 Å². The fraction of sp³-hybridized carbons (Fsp3) is 0.462. The maximum atomic E-state index is 11.4. The molecule has 0 radical (unpaired) electrons. The monoisotopic (exact) mass is 450 g/mol. The largest absolute Gasteiger partial charge is 2.00 e. The van der Waals surface area contributed by atoms with Crippen molar-refractivity contribution in [2.45, 2.75) is 66.2 Å². The number of carbonyl (C=O) groups excluding carboxylic acids is 2. The molecule has 5 heteroatoms.